The molecular weight excluding hydrogens is 166 g/mol. The number of hydrogen-bond donors (Lipinski definition) is 2. The van der Waals surface area contributed by atoms with Crippen molar-refractivity contribution in [1.29, 1.82) is 0 Å². The first-order valence-corrected chi connectivity index (χ1v) is 4.24. The van der Waals surface area contributed by atoms with Crippen LogP contribution in [0.3, 0.4) is 0 Å². The van der Waals surface area contributed by atoms with Crippen LogP contribution in [0.15, 0.2) is 18.5 Å². The lowest BCUT2D eigenvalue weighted by Crippen LogP contribution is -2.29. The molecule has 1 atom stereocenters. The summed E-state index contributed by atoms with van der Waals surface area (Å²) in [6, 6.07) is 1.81. The molecule has 13 heavy (non-hydrogen) atoms. The lowest BCUT2D eigenvalue weighted by atomic mass is 9.93. The zero-order valence-corrected chi connectivity index (χ0v) is 8.15. The van der Waals surface area contributed by atoms with Crippen molar-refractivity contribution >= 4 is 0 Å². The minimum Gasteiger partial charge on any atom is -0.387 e. The largest absolute Gasteiger partial charge is 0.387 e. The lowest BCUT2D eigenvalue weighted by molar-refractivity contribution is -0.0501. The molecule has 0 spiro atoms. The normalized spacial score (nSPS) is 14.2. The molecule has 1 rings (SSSR count). The maximum absolute atomic E-state index is 9.75. The van der Waals surface area contributed by atoms with Crippen LogP contribution in [-0.4, -0.2) is 20.8 Å². The van der Waals surface area contributed by atoms with Crippen LogP contribution >= 0.6 is 0 Å². The minimum absolute atomic E-state index is 0.676. The standard InChI is InChI=1S/C10H15NO2/c1-7-4-5-11-6-8(7)9(12)10(2,3)13/h4-6,9,12-13H,1-3H3. The van der Waals surface area contributed by atoms with Gasteiger partial charge in [-0.2, -0.15) is 0 Å². The van der Waals surface area contributed by atoms with Gasteiger partial charge in [-0.3, -0.25) is 4.98 Å². The van der Waals surface area contributed by atoms with Gasteiger partial charge in [0.1, 0.15) is 6.10 Å². The first-order chi connectivity index (χ1) is 5.93. The summed E-state index contributed by atoms with van der Waals surface area (Å²) in [5.74, 6) is 0. The fourth-order valence-corrected chi connectivity index (χ4v) is 1.14. The predicted octanol–water partition coefficient (Wildman–Crippen LogP) is 1.19. The molecule has 2 N–H and O–H groups in total. The Labute approximate surface area is 78.1 Å². The van der Waals surface area contributed by atoms with Crippen LogP contribution in [0.2, 0.25) is 0 Å². The second-order valence-corrected chi connectivity index (χ2v) is 3.79. The van der Waals surface area contributed by atoms with Gasteiger partial charge in [-0.25, -0.2) is 0 Å². The summed E-state index contributed by atoms with van der Waals surface area (Å²) in [5, 5.41) is 19.3. The SMILES string of the molecule is Cc1ccncc1C(O)C(C)(C)O. The highest BCUT2D eigenvalue weighted by Gasteiger charge is 2.27. The molecule has 0 radical (unpaired) electrons. The number of aliphatic hydroxyl groups is 2. The van der Waals surface area contributed by atoms with Crippen molar-refractivity contribution in [3.05, 3.63) is 29.6 Å². The van der Waals surface area contributed by atoms with Gasteiger partial charge in [0.15, 0.2) is 0 Å². The zero-order valence-electron chi connectivity index (χ0n) is 8.15. The number of hydrogen-bond acceptors (Lipinski definition) is 3. The lowest BCUT2D eigenvalue weighted by Gasteiger charge is -2.25. The van der Waals surface area contributed by atoms with E-state index in [1.807, 2.05) is 13.0 Å². The number of pyridine rings is 1. The molecule has 1 aromatic heterocycles. The van der Waals surface area contributed by atoms with Crippen LogP contribution in [0.4, 0.5) is 0 Å². The van der Waals surface area contributed by atoms with Gasteiger partial charge < -0.3 is 10.2 Å². The predicted molar refractivity (Wildman–Crippen MR) is 50.2 cm³/mol. The topological polar surface area (TPSA) is 53.4 Å². The van der Waals surface area contributed by atoms with Crippen LogP contribution in [0.1, 0.15) is 31.1 Å². The van der Waals surface area contributed by atoms with Crippen molar-refractivity contribution in [3.63, 3.8) is 0 Å². The van der Waals surface area contributed by atoms with Crippen molar-refractivity contribution < 1.29 is 10.2 Å². The molecule has 0 bridgehead atoms. The van der Waals surface area contributed by atoms with Gasteiger partial charge in [0.25, 0.3) is 0 Å². The summed E-state index contributed by atoms with van der Waals surface area (Å²) < 4.78 is 0. The Morgan fingerprint density at radius 2 is 2.08 bits per heavy atom. The average Bonchev–Trinajstić information content (AvgIpc) is 2.02. The van der Waals surface area contributed by atoms with Gasteiger partial charge in [0.2, 0.25) is 0 Å². The highest BCUT2D eigenvalue weighted by molar-refractivity contribution is 5.25. The second-order valence-electron chi connectivity index (χ2n) is 3.79. The van der Waals surface area contributed by atoms with Gasteiger partial charge in [-0.1, -0.05) is 0 Å². The molecule has 3 heteroatoms. The van der Waals surface area contributed by atoms with Crippen molar-refractivity contribution in [2.75, 3.05) is 0 Å². The van der Waals surface area contributed by atoms with Gasteiger partial charge in [-0.05, 0) is 32.4 Å². The monoisotopic (exact) mass is 181 g/mol. The van der Waals surface area contributed by atoms with E-state index in [1.165, 1.54) is 0 Å². The third-order valence-electron chi connectivity index (χ3n) is 2.04. The smallest absolute Gasteiger partial charge is 0.109 e. The molecule has 1 unspecified atom stereocenters. The Hall–Kier alpha value is -0.930. The maximum Gasteiger partial charge on any atom is 0.109 e. The van der Waals surface area contributed by atoms with E-state index in [0.29, 0.717) is 5.56 Å². The number of aliphatic hydroxyl groups excluding tert-OH is 1. The molecule has 0 aliphatic rings. The molecule has 0 aromatic carbocycles. The molecule has 0 aliphatic heterocycles. The highest BCUT2D eigenvalue weighted by atomic mass is 16.3. The second kappa shape index (κ2) is 3.44. The van der Waals surface area contributed by atoms with E-state index in [-0.39, 0.29) is 0 Å². The summed E-state index contributed by atoms with van der Waals surface area (Å²) in [4.78, 5) is 3.91. The van der Waals surface area contributed by atoms with E-state index in [0.717, 1.165) is 5.56 Å². The van der Waals surface area contributed by atoms with Crippen molar-refractivity contribution in [3.8, 4) is 0 Å². The Morgan fingerprint density at radius 1 is 1.46 bits per heavy atom. The van der Waals surface area contributed by atoms with E-state index in [9.17, 15) is 10.2 Å². The molecule has 0 saturated carbocycles. The molecular formula is C10H15NO2. The number of nitrogens with zero attached hydrogens (tertiary/aromatic N) is 1. The molecule has 0 fully saturated rings. The Bertz CT molecular complexity index is 291. The molecule has 72 valence electrons. The number of aromatic nitrogens is 1. The van der Waals surface area contributed by atoms with Crippen molar-refractivity contribution in [1.82, 2.24) is 4.98 Å². The molecule has 1 aromatic rings. The van der Waals surface area contributed by atoms with Crippen LogP contribution in [0.5, 0.6) is 0 Å². The Balaban J connectivity index is 3.02. The fourth-order valence-electron chi connectivity index (χ4n) is 1.14. The van der Waals surface area contributed by atoms with Crippen LogP contribution in [-0.2, 0) is 0 Å². The van der Waals surface area contributed by atoms with Gasteiger partial charge in [0.05, 0.1) is 5.60 Å². The van der Waals surface area contributed by atoms with Crippen molar-refractivity contribution in [2.45, 2.75) is 32.5 Å². The Morgan fingerprint density at radius 3 is 2.54 bits per heavy atom. The number of aryl methyl sites for hydroxylation is 1. The maximum atomic E-state index is 9.75. The van der Waals surface area contributed by atoms with Crippen LogP contribution in [0, 0.1) is 6.92 Å². The molecule has 0 aliphatic carbocycles. The van der Waals surface area contributed by atoms with Crippen molar-refractivity contribution in [2.24, 2.45) is 0 Å². The molecule has 0 amide bonds. The minimum atomic E-state index is -1.13. The van der Waals surface area contributed by atoms with E-state index < -0.39 is 11.7 Å². The third kappa shape index (κ3) is 2.26. The van der Waals surface area contributed by atoms with Gasteiger partial charge >= 0.3 is 0 Å². The average molecular weight is 181 g/mol. The quantitative estimate of drug-likeness (QED) is 0.720. The Kier molecular flexibility index (Phi) is 2.68. The first-order valence-electron chi connectivity index (χ1n) is 4.24. The molecule has 0 saturated heterocycles. The van der Waals surface area contributed by atoms with Gasteiger partial charge in [-0.15, -0.1) is 0 Å². The summed E-state index contributed by atoms with van der Waals surface area (Å²) in [6.45, 7) is 5.03. The summed E-state index contributed by atoms with van der Waals surface area (Å²) in [7, 11) is 0. The van der Waals surface area contributed by atoms with E-state index in [4.69, 9.17) is 0 Å². The number of rotatable bonds is 2. The van der Waals surface area contributed by atoms with Crippen LogP contribution in [0.25, 0.3) is 0 Å². The third-order valence-corrected chi connectivity index (χ3v) is 2.04. The van der Waals surface area contributed by atoms with E-state index >= 15 is 0 Å². The van der Waals surface area contributed by atoms with E-state index in [2.05, 4.69) is 4.98 Å². The highest BCUT2D eigenvalue weighted by Crippen LogP contribution is 2.26. The zero-order chi connectivity index (χ0) is 10.1. The first kappa shape index (κ1) is 10.2. The van der Waals surface area contributed by atoms with Gasteiger partial charge in [0, 0.05) is 18.0 Å². The summed E-state index contributed by atoms with van der Waals surface area (Å²) in [6.07, 6.45) is 2.36. The summed E-state index contributed by atoms with van der Waals surface area (Å²) in [5.41, 5.74) is 0.480. The molecule has 3 nitrogen and oxygen atoms in total. The van der Waals surface area contributed by atoms with E-state index in [1.54, 1.807) is 26.2 Å². The molecule has 1 heterocycles. The fraction of sp³-hybridized carbons (Fsp3) is 0.500. The van der Waals surface area contributed by atoms with Crippen LogP contribution < -0.4 is 0 Å². The summed E-state index contributed by atoms with van der Waals surface area (Å²) >= 11 is 0.